The van der Waals surface area contributed by atoms with Gasteiger partial charge in [-0.15, -0.1) is 0 Å². The fourth-order valence-electron chi connectivity index (χ4n) is 2.06. The summed E-state index contributed by atoms with van der Waals surface area (Å²) in [5.41, 5.74) is 6.53. The second-order valence-corrected chi connectivity index (χ2v) is 4.71. The molecular weight excluding hydrogens is 224 g/mol. The van der Waals surface area contributed by atoms with Crippen molar-refractivity contribution in [1.29, 1.82) is 0 Å². The second kappa shape index (κ2) is 7.88. The third kappa shape index (κ3) is 4.15. The monoisotopic (exact) mass is 248 g/mol. The van der Waals surface area contributed by atoms with Crippen LogP contribution in [0, 0.1) is 5.92 Å². The van der Waals surface area contributed by atoms with Crippen LogP contribution in [-0.4, -0.2) is 19.0 Å². The molecule has 0 aliphatic carbocycles. The lowest BCUT2D eigenvalue weighted by atomic mass is 9.85. The van der Waals surface area contributed by atoms with E-state index in [4.69, 9.17) is 5.73 Å². The molecule has 3 N–H and O–H groups in total. The van der Waals surface area contributed by atoms with E-state index in [2.05, 4.69) is 19.2 Å². The van der Waals surface area contributed by atoms with Crippen LogP contribution in [0.25, 0.3) is 0 Å². The Balaban J connectivity index is 2.76. The van der Waals surface area contributed by atoms with E-state index in [1.807, 2.05) is 30.3 Å². The van der Waals surface area contributed by atoms with Gasteiger partial charge in [-0.2, -0.15) is 0 Å². The average Bonchev–Trinajstić information content (AvgIpc) is 2.40. The van der Waals surface area contributed by atoms with Gasteiger partial charge >= 0.3 is 0 Å². The number of nitrogens with one attached hydrogen (secondary N) is 1. The van der Waals surface area contributed by atoms with Crippen LogP contribution >= 0.6 is 0 Å². The Labute approximate surface area is 110 Å². The molecule has 1 rings (SSSR count). The molecule has 0 aliphatic rings. The first-order valence-corrected chi connectivity index (χ1v) is 6.73. The third-order valence-corrected chi connectivity index (χ3v) is 3.33. The van der Waals surface area contributed by atoms with Crippen molar-refractivity contribution in [3.63, 3.8) is 0 Å². The molecule has 0 bridgehead atoms. The molecule has 3 nitrogen and oxygen atoms in total. The lowest BCUT2D eigenvalue weighted by Gasteiger charge is -2.22. The fraction of sp³-hybridized carbons (Fsp3) is 0.533. The molecule has 100 valence electrons. The number of hydrogen-bond donors (Lipinski definition) is 2. The smallest absolute Gasteiger partial charge is 0.227 e. The summed E-state index contributed by atoms with van der Waals surface area (Å²) in [7, 11) is 0. The summed E-state index contributed by atoms with van der Waals surface area (Å²) in [6, 6.07) is 10.00. The number of benzene rings is 1. The Kier molecular flexibility index (Phi) is 6.44. The summed E-state index contributed by atoms with van der Waals surface area (Å²) < 4.78 is 0. The Hall–Kier alpha value is -1.35. The molecule has 2 unspecified atom stereocenters. The van der Waals surface area contributed by atoms with Crippen molar-refractivity contribution in [1.82, 2.24) is 5.32 Å². The molecule has 0 fully saturated rings. The summed E-state index contributed by atoms with van der Waals surface area (Å²) >= 11 is 0. The highest BCUT2D eigenvalue weighted by Gasteiger charge is 2.25. The molecule has 1 amide bonds. The highest BCUT2D eigenvalue weighted by molar-refractivity contribution is 5.83. The maximum absolute atomic E-state index is 12.3. The molecule has 1 aromatic carbocycles. The normalized spacial score (nSPS) is 13.9. The van der Waals surface area contributed by atoms with Crippen LogP contribution in [0.5, 0.6) is 0 Å². The van der Waals surface area contributed by atoms with Gasteiger partial charge < -0.3 is 11.1 Å². The summed E-state index contributed by atoms with van der Waals surface area (Å²) in [4.78, 5) is 12.3. The van der Waals surface area contributed by atoms with Crippen molar-refractivity contribution < 1.29 is 4.79 Å². The van der Waals surface area contributed by atoms with Gasteiger partial charge in [-0.05, 0) is 24.4 Å². The van der Waals surface area contributed by atoms with Crippen molar-refractivity contribution in [2.45, 2.75) is 32.6 Å². The maximum atomic E-state index is 12.3. The standard InChI is InChI=1S/C15H24N2O/c1-3-12(2)14(13-8-5-4-6-9-13)15(18)17-11-7-10-16/h4-6,8-9,12,14H,3,7,10-11,16H2,1-2H3,(H,17,18). The van der Waals surface area contributed by atoms with Crippen LogP contribution in [0.3, 0.4) is 0 Å². The molecule has 1 aromatic rings. The third-order valence-electron chi connectivity index (χ3n) is 3.33. The number of rotatable bonds is 7. The zero-order chi connectivity index (χ0) is 13.4. The SMILES string of the molecule is CCC(C)C(C(=O)NCCCN)c1ccccc1. The van der Waals surface area contributed by atoms with Crippen molar-refractivity contribution in [3.8, 4) is 0 Å². The Morgan fingerprint density at radius 3 is 2.56 bits per heavy atom. The van der Waals surface area contributed by atoms with Gasteiger partial charge in [0, 0.05) is 6.54 Å². The summed E-state index contributed by atoms with van der Waals surface area (Å²) in [5.74, 6) is 0.392. The van der Waals surface area contributed by atoms with E-state index in [9.17, 15) is 4.79 Å². The van der Waals surface area contributed by atoms with Crippen LogP contribution < -0.4 is 11.1 Å². The fourth-order valence-corrected chi connectivity index (χ4v) is 2.06. The molecule has 0 radical (unpaired) electrons. The van der Waals surface area contributed by atoms with Gasteiger partial charge in [0.15, 0.2) is 0 Å². The van der Waals surface area contributed by atoms with Crippen LogP contribution in [0.4, 0.5) is 0 Å². The first-order chi connectivity index (χ1) is 8.70. The zero-order valence-electron chi connectivity index (χ0n) is 11.4. The Morgan fingerprint density at radius 2 is 2.00 bits per heavy atom. The molecule has 0 saturated carbocycles. The summed E-state index contributed by atoms with van der Waals surface area (Å²) in [5, 5.41) is 2.98. The van der Waals surface area contributed by atoms with E-state index < -0.39 is 0 Å². The number of hydrogen-bond acceptors (Lipinski definition) is 2. The maximum Gasteiger partial charge on any atom is 0.227 e. The summed E-state index contributed by atoms with van der Waals surface area (Å²) in [6.45, 7) is 5.52. The van der Waals surface area contributed by atoms with Crippen LogP contribution in [0.1, 0.15) is 38.2 Å². The van der Waals surface area contributed by atoms with Crippen LogP contribution in [-0.2, 0) is 4.79 Å². The number of nitrogens with two attached hydrogens (primary N) is 1. The van der Waals surface area contributed by atoms with Gasteiger partial charge in [-0.1, -0.05) is 50.6 Å². The number of carbonyl (C=O) groups is 1. The van der Waals surface area contributed by atoms with Gasteiger partial charge in [0.2, 0.25) is 5.91 Å². The predicted octanol–water partition coefficient (Wildman–Crippen LogP) is 2.28. The largest absolute Gasteiger partial charge is 0.356 e. The molecule has 0 aliphatic heterocycles. The van der Waals surface area contributed by atoms with Crippen molar-refractivity contribution in [2.75, 3.05) is 13.1 Å². The highest BCUT2D eigenvalue weighted by atomic mass is 16.1. The van der Waals surface area contributed by atoms with E-state index in [-0.39, 0.29) is 11.8 Å². The van der Waals surface area contributed by atoms with Gasteiger partial charge in [-0.25, -0.2) is 0 Å². The quantitative estimate of drug-likeness (QED) is 0.727. The molecule has 2 atom stereocenters. The predicted molar refractivity (Wildman–Crippen MR) is 75.3 cm³/mol. The number of amides is 1. The minimum Gasteiger partial charge on any atom is -0.356 e. The molecule has 0 saturated heterocycles. The van der Waals surface area contributed by atoms with Crippen molar-refractivity contribution in [2.24, 2.45) is 11.7 Å². The minimum atomic E-state index is -0.0611. The van der Waals surface area contributed by atoms with Gasteiger partial charge in [0.1, 0.15) is 0 Å². The second-order valence-electron chi connectivity index (χ2n) is 4.71. The molecule has 18 heavy (non-hydrogen) atoms. The van der Waals surface area contributed by atoms with Crippen LogP contribution in [0.15, 0.2) is 30.3 Å². The molecule has 3 heteroatoms. The lowest BCUT2D eigenvalue weighted by molar-refractivity contribution is -0.123. The Bertz CT molecular complexity index is 351. The van der Waals surface area contributed by atoms with Gasteiger partial charge in [0.05, 0.1) is 5.92 Å². The van der Waals surface area contributed by atoms with E-state index >= 15 is 0 Å². The van der Waals surface area contributed by atoms with E-state index in [1.54, 1.807) is 0 Å². The Morgan fingerprint density at radius 1 is 1.33 bits per heavy atom. The average molecular weight is 248 g/mol. The highest BCUT2D eigenvalue weighted by Crippen LogP contribution is 2.26. The van der Waals surface area contributed by atoms with E-state index in [0.717, 1.165) is 18.4 Å². The molecule has 0 aromatic heterocycles. The molecular formula is C15H24N2O. The summed E-state index contributed by atoms with van der Waals surface area (Å²) in [6.07, 6.45) is 1.82. The first kappa shape index (κ1) is 14.7. The van der Waals surface area contributed by atoms with E-state index in [0.29, 0.717) is 19.0 Å². The molecule has 0 heterocycles. The minimum absolute atomic E-state index is 0.0611. The van der Waals surface area contributed by atoms with Crippen LogP contribution in [0.2, 0.25) is 0 Å². The molecule has 0 spiro atoms. The first-order valence-electron chi connectivity index (χ1n) is 6.73. The topological polar surface area (TPSA) is 55.1 Å². The zero-order valence-corrected chi connectivity index (χ0v) is 11.4. The van der Waals surface area contributed by atoms with Gasteiger partial charge in [0.25, 0.3) is 0 Å². The van der Waals surface area contributed by atoms with E-state index in [1.165, 1.54) is 0 Å². The van der Waals surface area contributed by atoms with Crippen molar-refractivity contribution >= 4 is 5.91 Å². The number of carbonyl (C=O) groups excluding carboxylic acids is 1. The lowest BCUT2D eigenvalue weighted by Crippen LogP contribution is -2.33. The van der Waals surface area contributed by atoms with Crippen molar-refractivity contribution in [3.05, 3.63) is 35.9 Å². The van der Waals surface area contributed by atoms with Gasteiger partial charge in [-0.3, -0.25) is 4.79 Å².